The number of hydrogen-bond acceptors (Lipinski definition) is 14. The summed E-state index contributed by atoms with van der Waals surface area (Å²) < 4.78 is 17.5. The summed E-state index contributed by atoms with van der Waals surface area (Å²) in [5.74, 6) is 5.87. The fraction of sp³-hybridized carbons (Fsp3) is 0.240. The molecule has 0 aliphatic carbocycles. The molecule has 2 N–H and O–H groups in total. The zero-order valence-electron chi connectivity index (χ0n) is 39.2. The molecule has 8 aromatic rings. The third-order valence-electron chi connectivity index (χ3n) is 11.6. The zero-order valence-corrected chi connectivity index (χ0v) is 41.4. The van der Waals surface area contributed by atoms with Crippen LogP contribution < -0.4 is 0 Å². The number of rotatable bonds is 6. The lowest BCUT2D eigenvalue weighted by atomic mass is 10.0. The van der Waals surface area contributed by atoms with Crippen LogP contribution in [0.3, 0.4) is 0 Å². The van der Waals surface area contributed by atoms with Crippen molar-refractivity contribution in [3.05, 3.63) is 118 Å². The van der Waals surface area contributed by atoms with Gasteiger partial charge in [0.25, 0.3) is 11.8 Å². The van der Waals surface area contributed by atoms with E-state index in [2.05, 4.69) is 60.7 Å². The molecule has 2 aliphatic heterocycles. The van der Waals surface area contributed by atoms with E-state index < -0.39 is 29.0 Å². The van der Waals surface area contributed by atoms with Crippen molar-refractivity contribution in [1.82, 2.24) is 58.9 Å². The quantitative estimate of drug-likeness (QED) is 0.136. The normalized spacial score (nSPS) is 17.2. The van der Waals surface area contributed by atoms with Crippen molar-refractivity contribution in [2.45, 2.75) is 24.0 Å². The topological polar surface area (TPSA) is 231 Å². The van der Waals surface area contributed by atoms with Crippen molar-refractivity contribution in [2.24, 2.45) is 14.1 Å². The molecule has 0 bridgehead atoms. The Morgan fingerprint density at radius 2 is 1.17 bits per heavy atom. The Bertz CT molecular complexity index is 3500. The standard InChI is InChI=1S/C25H22N6O4.C18H14IN5O2.C7H9NO2/c1-29-12-11-25(34,24(29)33)10-9-16-5-4-6-18(13-16)31-22-19(21(28-31)23(32)35-3)7-8-20(27-22)17-14-26-30(2)15-17;1-23-10-11(9-20-23)15-7-6-14-16(18(25)26-2)22-24(17(14)21-15)13-5-3-4-12(19)8-13;1-3-7(10)4-5-8(2)6(7)9/h4-8,13-15,34H,11-12H2,1-3H3;3-10H,1-2H3;1,10H,4-5H2,2H3/t25-;;7-/m0.0/s1. The van der Waals surface area contributed by atoms with E-state index in [4.69, 9.17) is 25.9 Å². The zero-order chi connectivity index (χ0) is 50.8. The van der Waals surface area contributed by atoms with E-state index in [9.17, 15) is 29.4 Å². The third-order valence-corrected chi connectivity index (χ3v) is 12.3. The molecule has 8 heterocycles. The van der Waals surface area contributed by atoms with E-state index in [1.165, 1.54) is 24.0 Å². The average Bonchev–Trinajstić information content (AvgIpc) is 4.26. The third kappa shape index (κ3) is 9.96. The van der Waals surface area contributed by atoms with Crippen LogP contribution in [0.2, 0.25) is 0 Å². The summed E-state index contributed by atoms with van der Waals surface area (Å²) in [6.07, 6.45) is 12.8. The van der Waals surface area contributed by atoms with E-state index in [1.807, 2.05) is 62.9 Å². The smallest absolute Gasteiger partial charge is 0.359 e. The molecular formula is C50H45IN12O8. The number of fused-ring (bicyclic) bond motifs is 2. The maximum atomic E-state index is 12.4. The molecular weight excluding hydrogens is 1020 g/mol. The molecule has 2 fully saturated rings. The van der Waals surface area contributed by atoms with E-state index in [0.717, 1.165) is 26.1 Å². The molecule has 21 heteroatoms. The predicted molar refractivity (Wildman–Crippen MR) is 268 cm³/mol. The number of hydrogen-bond donors (Lipinski definition) is 2. The number of methoxy groups -OCH3 is 2. The summed E-state index contributed by atoms with van der Waals surface area (Å²) in [6, 6.07) is 22.2. The number of carbonyl (C=O) groups excluding carboxylic acids is 4. The maximum absolute atomic E-state index is 12.4. The molecule has 2 aliphatic rings. The molecule has 0 saturated carbocycles. The number of aromatic nitrogens is 10. The molecule has 0 radical (unpaired) electrons. The first-order chi connectivity index (χ1) is 33.9. The number of pyridine rings is 2. The largest absolute Gasteiger partial charge is 0.464 e. The lowest BCUT2D eigenvalue weighted by Gasteiger charge is -2.13. The SMILES string of the molecule is C#C[C@]1(O)CCN(C)C1=O.COC(=O)c1nn(-c2cccc(C#C[C@]3(O)CCN(C)C3=O)c2)c2nc(-c3cnn(C)c3)ccc12.COC(=O)c1nn(-c2cccc(I)c2)c2nc(-c3cnn(C)c3)ccc12. The van der Waals surface area contributed by atoms with Crippen LogP contribution in [0.5, 0.6) is 0 Å². The van der Waals surface area contributed by atoms with Gasteiger partial charge in [0, 0.05) is 86.8 Å². The van der Waals surface area contributed by atoms with Gasteiger partial charge in [-0.1, -0.05) is 29.9 Å². The van der Waals surface area contributed by atoms with Crippen LogP contribution in [-0.2, 0) is 33.2 Å². The lowest BCUT2D eigenvalue weighted by Crippen LogP contribution is -2.37. The van der Waals surface area contributed by atoms with Crippen LogP contribution in [0.25, 0.3) is 56.0 Å². The van der Waals surface area contributed by atoms with E-state index in [-0.39, 0.29) is 23.7 Å². The minimum absolute atomic E-state index is 0.137. The highest BCUT2D eigenvalue weighted by atomic mass is 127. The molecule has 2 aromatic carbocycles. The number of amides is 2. The van der Waals surface area contributed by atoms with Gasteiger partial charge in [0.05, 0.1) is 60.1 Å². The molecule has 20 nitrogen and oxygen atoms in total. The van der Waals surface area contributed by atoms with Gasteiger partial charge in [-0.15, -0.1) is 6.42 Å². The number of esters is 2. The summed E-state index contributed by atoms with van der Waals surface area (Å²) in [5.41, 5.74) is 3.37. The highest BCUT2D eigenvalue weighted by Crippen LogP contribution is 2.29. The molecule has 360 valence electrons. The van der Waals surface area contributed by atoms with Gasteiger partial charge in [0.1, 0.15) is 0 Å². The Balaban J connectivity index is 0.000000164. The molecule has 6 aromatic heterocycles. The number of nitrogens with zero attached hydrogens (tertiary/aromatic N) is 12. The monoisotopic (exact) mass is 1070 g/mol. The number of likely N-dealkylation sites (N-methyl/N-ethyl adjacent to an activating group) is 2. The van der Waals surface area contributed by atoms with E-state index in [0.29, 0.717) is 58.5 Å². The van der Waals surface area contributed by atoms with Crippen molar-refractivity contribution < 1.29 is 38.9 Å². The number of aliphatic hydroxyl groups is 2. The second kappa shape index (κ2) is 20.0. The Kier molecular flexibility index (Phi) is 13.9. The highest BCUT2D eigenvalue weighted by molar-refractivity contribution is 14.1. The van der Waals surface area contributed by atoms with Crippen LogP contribution >= 0.6 is 22.6 Å². The lowest BCUT2D eigenvalue weighted by molar-refractivity contribution is -0.138. The Labute approximate surface area is 419 Å². The van der Waals surface area contributed by atoms with Gasteiger partial charge in [-0.05, 0) is 83.3 Å². The summed E-state index contributed by atoms with van der Waals surface area (Å²) in [5, 5.41) is 38.4. The number of halogens is 1. The first-order valence-corrected chi connectivity index (χ1v) is 22.8. The summed E-state index contributed by atoms with van der Waals surface area (Å²) >= 11 is 2.24. The number of carbonyl (C=O) groups is 4. The fourth-order valence-electron chi connectivity index (χ4n) is 7.73. The van der Waals surface area contributed by atoms with Crippen LogP contribution in [0.1, 0.15) is 39.4 Å². The van der Waals surface area contributed by atoms with Crippen LogP contribution in [-0.4, -0.2) is 145 Å². The molecule has 71 heavy (non-hydrogen) atoms. The highest BCUT2D eigenvalue weighted by Gasteiger charge is 2.43. The second-order valence-corrected chi connectivity index (χ2v) is 17.8. The van der Waals surface area contributed by atoms with Gasteiger partial charge >= 0.3 is 11.9 Å². The number of terminal acetylenes is 1. The van der Waals surface area contributed by atoms with E-state index in [1.54, 1.807) is 81.6 Å². The summed E-state index contributed by atoms with van der Waals surface area (Å²) in [7, 11) is 9.58. The molecule has 10 rings (SSSR count). The Morgan fingerprint density at radius 3 is 1.58 bits per heavy atom. The first-order valence-electron chi connectivity index (χ1n) is 21.7. The molecule has 0 spiro atoms. The molecule has 2 amide bonds. The number of likely N-dealkylation sites (tertiary alicyclic amines) is 2. The average molecular weight is 1070 g/mol. The van der Waals surface area contributed by atoms with Gasteiger partial charge in [0.2, 0.25) is 11.2 Å². The van der Waals surface area contributed by atoms with Gasteiger partial charge < -0.3 is 29.5 Å². The van der Waals surface area contributed by atoms with Gasteiger partial charge in [-0.3, -0.25) is 19.0 Å². The second-order valence-electron chi connectivity index (χ2n) is 16.5. The van der Waals surface area contributed by atoms with Crippen molar-refractivity contribution >= 4 is 68.4 Å². The van der Waals surface area contributed by atoms with Crippen molar-refractivity contribution in [1.29, 1.82) is 0 Å². The number of aryl methyl sites for hydroxylation is 2. The van der Waals surface area contributed by atoms with Crippen molar-refractivity contribution in [2.75, 3.05) is 41.4 Å². The number of benzene rings is 2. The first kappa shape index (κ1) is 49.2. The predicted octanol–water partition coefficient (Wildman–Crippen LogP) is 3.98. The van der Waals surface area contributed by atoms with Gasteiger partial charge in [-0.2, -0.15) is 20.4 Å². The Hall–Kier alpha value is -8.25. The minimum atomic E-state index is -1.69. The van der Waals surface area contributed by atoms with Crippen LogP contribution in [0.15, 0.2) is 97.6 Å². The minimum Gasteiger partial charge on any atom is -0.464 e. The summed E-state index contributed by atoms with van der Waals surface area (Å²) in [4.78, 5) is 60.2. The van der Waals surface area contributed by atoms with Crippen LogP contribution in [0, 0.1) is 27.8 Å². The van der Waals surface area contributed by atoms with Crippen LogP contribution in [0.4, 0.5) is 0 Å². The molecule has 0 unspecified atom stereocenters. The molecule has 2 saturated heterocycles. The van der Waals surface area contributed by atoms with E-state index >= 15 is 0 Å². The summed E-state index contributed by atoms with van der Waals surface area (Å²) in [6.45, 7) is 0.990. The van der Waals surface area contributed by atoms with Gasteiger partial charge in [0.15, 0.2) is 22.7 Å². The Morgan fingerprint density at radius 1 is 0.690 bits per heavy atom. The number of ether oxygens (including phenoxy) is 2. The van der Waals surface area contributed by atoms with Crippen molar-refractivity contribution in [3.63, 3.8) is 0 Å². The van der Waals surface area contributed by atoms with Gasteiger partial charge in [-0.25, -0.2) is 28.9 Å². The van der Waals surface area contributed by atoms with Crippen molar-refractivity contribution in [3.8, 4) is 58.1 Å². The maximum Gasteiger partial charge on any atom is 0.359 e. The molecule has 2 atom stereocenters. The fourth-order valence-corrected chi connectivity index (χ4v) is 8.26.